The Hall–Kier alpha value is -1.75. The van der Waals surface area contributed by atoms with Crippen molar-refractivity contribution in [3.8, 4) is 0 Å². The molecule has 0 heterocycles. The molecule has 4 N–H and O–H groups in total. The maximum atomic E-state index is 12.1. The van der Waals surface area contributed by atoms with Gasteiger partial charge in [-0.25, -0.2) is 0 Å². The summed E-state index contributed by atoms with van der Waals surface area (Å²) in [6, 6.07) is 5.24. The van der Waals surface area contributed by atoms with Crippen LogP contribution in [0.5, 0.6) is 0 Å². The molecule has 5 heteroatoms. The van der Waals surface area contributed by atoms with Crippen LogP contribution in [-0.4, -0.2) is 37.3 Å². The number of aliphatic hydroxyl groups is 1. The molecule has 1 aromatic rings. The summed E-state index contributed by atoms with van der Waals surface area (Å²) in [5.41, 5.74) is 7.45. The lowest BCUT2D eigenvalue weighted by atomic mass is 10.0. The molecule has 0 fully saturated rings. The van der Waals surface area contributed by atoms with E-state index in [9.17, 15) is 4.79 Å². The fourth-order valence-corrected chi connectivity index (χ4v) is 1.82. The van der Waals surface area contributed by atoms with E-state index in [4.69, 9.17) is 10.8 Å². The highest BCUT2D eigenvalue weighted by Gasteiger charge is 2.20. The number of hydrogen-bond acceptors (Lipinski definition) is 4. The SMILES string of the molecule is CN(C)c1ccc(C(=O)NC(C)(C)CCO)cc1N. The Labute approximate surface area is 114 Å². The average molecular weight is 265 g/mol. The minimum Gasteiger partial charge on any atom is -0.397 e. The number of carbonyl (C=O) groups is 1. The Morgan fingerprint density at radius 3 is 2.53 bits per heavy atom. The van der Waals surface area contributed by atoms with Crippen molar-refractivity contribution in [1.29, 1.82) is 0 Å². The van der Waals surface area contributed by atoms with Gasteiger partial charge >= 0.3 is 0 Å². The predicted octanol–water partition coefficient (Wildman–Crippen LogP) is 1.23. The smallest absolute Gasteiger partial charge is 0.251 e. The molecule has 1 amide bonds. The first kappa shape index (κ1) is 15.3. The number of rotatable bonds is 5. The van der Waals surface area contributed by atoms with Crippen molar-refractivity contribution in [2.75, 3.05) is 31.3 Å². The van der Waals surface area contributed by atoms with Gasteiger partial charge in [0.1, 0.15) is 0 Å². The van der Waals surface area contributed by atoms with Crippen molar-refractivity contribution in [1.82, 2.24) is 5.32 Å². The van der Waals surface area contributed by atoms with Crippen LogP contribution in [0.2, 0.25) is 0 Å². The normalized spacial score (nSPS) is 11.2. The van der Waals surface area contributed by atoms with Crippen LogP contribution in [0.25, 0.3) is 0 Å². The van der Waals surface area contributed by atoms with Gasteiger partial charge in [0.2, 0.25) is 0 Å². The van der Waals surface area contributed by atoms with Crippen molar-refractivity contribution in [3.05, 3.63) is 23.8 Å². The van der Waals surface area contributed by atoms with Crippen molar-refractivity contribution in [3.63, 3.8) is 0 Å². The third-order valence-corrected chi connectivity index (χ3v) is 2.96. The Morgan fingerprint density at radius 2 is 2.05 bits per heavy atom. The second kappa shape index (κ2) is 5.93. The van der Waals surface area contributed by atoms with Gasteiger partial charge in [-0.05, 0) is 38.5 Å². The van der Waals surface area contributed by atoms with Crippen LogP contribution < -0.4 is 16.0 Å². The minimum atomic E-state index is -0.444. The molecule has 0 radical (unpaired) electrons. The summed E-state index contributed by atoms with van der Waals surface area (Å²) >= 11 is 0. The van der Waals surface area contributed by atoms with E-state index in [2.05, 4.69) is 5.32 Å². The van der Waals surface area contributed by atoms with Crippen LogP contribution in [0.1, 0.15) is 30.6 Å². The van der Waals surface area contributed by atoms with Crippen molar-refractivity contribution < 1.29 is 9.90 Å². The van der Waals surface area contributed by atoms with Gasteiger partial charge in [-0.3, -0.25) is 4.79 Å². The largest absolute Gasteiger partial charge is 0.397 e. The maximum absolute atomic E-state index is 12.1. The zero-order valence-corrected chi connectivity index (χ0v) is 12.0. The van der Waals surface area contributed by atoms with Crippen LogP contribution in [0.15, 0.2) is 18.2 Å². The predicted molar refractivity (Wildman–Crippen MR) is 78.4 cm³/mol. The van der Waals surface area contributed by atoms with Gasteiger partial charge in [-0.15, -0.1) is 0 Å². The molecule has 0 saturated heterocycles. The number of hydrogen-bond donors (Lipinski definition) is 3. The Kier molecular flexibility index (Phi) is 4.78. The molecular formula is C14H23N3O2. The number of amides is 1. The lowest BCUT2D eigenvalue weighted by Crippen LogP contribution is -2.44. The number of nitrogen functional groups attached to an aromatic ring is 1. The minimum absolute atomic E-state index is 0.0367. The van der Waals surface area contributed by atoms with Gasteiger partial charge in [0, 0.05) is 31.8 Å². The maximum Gasteiger partial charge on any atom is 0.251 e. The number of nitrogens with two attached hydrogens (primary N) is 1. The van der Waals surface area contributed by atoms with Crippen LogP contribution in [0.3, 0.4) is 0 Å². The highest BCUT2D eigenvalue weighted by atomic mass is 16.3. The monoisotopic (exact) mass is 265 g/mol. The fraction of sp³-hybridized carbons (Fsp3) is 0.500. The molecule has 1 aromatic carbocycles. The number of carbonyl (C=O) groups excluding carboxylic acids is 1. The Morgan fingerprint density at radius 1 is 1.42 bits per heavy atom. The summed E-state index contributed by atoms with van der Waals surface area (Å²) in [5, 5.41) is 11.8. The third kappa shape index (κ3) is 4.13. The van der Waals surface area contributed by atoms with Gasteiger partial charge in [-0.1, -0.05) is 0 Å². The summed E-state index contributed by atoms with van der Waals surface area (Å²) in [7, 11) is 3.80. The number of nitrogens with one attached hydrogen (secondary N) is 1. The average Bonchev–Trinajstić information content (AvgIpc) is 2.27. The third-order valence-electron chi connectivity index (χ3n) is 2.96. The lowest BCUT2D eigenvalue weighted by molar-refractivity contribution is 0.0899. The van der Waals surface area contributed by atoms with Gasteiger partial charge in [0.15, 0.2) is 0 Å². The van der Waals surface area contributed by atoms with Crippen LogP contribution in [0.4, 0.5) is 11.4 Å². The first-order chi connectivity index (χ1) is 8.76. The molecule has 0 aliphatic heterocycles. The summed E-state index contributed by atoms with van der Waals surface area (Å²) in [4.78, 5) is 14.0. The number of anilines is 2. The summed E-state index contributed by atoms with van der Waals surface area (Å²) in [6.45, 7) is 3.78. The first-order valence-corrected chi connectivity index (χ1v) is 6.27. The van der Waals surface area contributed by atoms with Gasteiger partial charge in [0.25, 0.3) is 5.91 Å². The van der Waals surface area contributed by atoms with E-state index in [1.165, 1.54) is 0 Å². The molecule has 19 heavy (non-hydrogen) atoms. The van der Waals surface area contributed by atoms with Gasteiger partial charge < -0.3 is 21.1 Å². The van der Waals surface area contributed by atoms with E-state index in [-0.39, 0.29) is 12.5 Å². The molecule has 0 aliphatic carbocycles. The van der Waals surface area contributed by atoms with E-state index in [0.29, 0.717) is 17.7 Å². The van der Waals surface area contributed by atoms with E-state index in [1.54, 1.807) is 12.1 Å². The molecule has 1 rings (SSSR count). The van der Waals surface area contributed by atoms with E-state index in [0.717, 1.165) is 5.69 Å². The number of benzene rings is 1. The number of aliphatic hydroxyl groups excluding tert-OH is 1. The zero-order valence-electron chi connectivity index (χ0n) is 12.0. The molecule has 5 nitrogen and oxygen atoms in total. The highest BCUT2D eigenvalue weighted by molar-refractivity contribution is 5.96. The molecule has 0 saturated carbocycles. The van der Waals surface area contributed by atoms with Gasteiger partial charge in [-0.2, -0.15) is 0 Å². The van der Waals surface area contributed by atoms with Crippen LogP contribution in [0, 0.1) is 0 Å². The summed E-state index contributed by atoms with van der Waals surface area (Å²) in [5.74, 6) is -0.185. The quantitative estimate of drug-likeness (QED) is 0.700. The molecule has 0 atom stereocenters. The molecule has 0 aliphatic rings. The molecule has 106 valence electrons. The van der Waals surface area contributed by atoms with E-state index >= 15 is 0 Å². The van der Waals surface area contributed by atoms with E-state index in [1.807, 2.05) is 38.9 Å². The van der Waals surface area contributed by atoms with Gasteiger partial charge in [0.05, 0.1) is 11.4 Å². The molecular weight excluding hydrogens is 242 g/mol. The zero-order chi connectivity index (χ0) is 14.6. The molecule has 0 unspecified atom stereocenters. The van der Waals surface area contributed by atoms with Crippen LogP contribution in [-0.2, 0) is 0 Å². The standard InChI is InChI=1S/C14H23N3O2/c1-14(2,7-8-18)16-13(19)10-5-6-12(17(3)4)11(15)9-10/h5-6,9,18H,7-8,15H2,1-4H3,(H,16,19). The lowest BCUT2D eigenvalue weighted by Gasteiger charge is -2.25. The first-order valence-electron chi connectivity index (χ1n) is 6.27. The number of nitrogens with zero attached hydrogens (tertiary/aromatic N) is 1. The van der Waals surface area contributed by atoms with Crippen molar-refractivity contribution in [2.45, 2.75) is 25.8 Å². The Balaban J connectivity index is 2.87. The molecule has 0 aromatic heterocycles. The second-order valence-corrected chi connectivity index (χ2v) is 5.48. The van der Waals surface area contributed by atoms with Crippen molar-refractivity contribution in [2.24, 2.45) is 0 Å². The molecule has 0 bridgehead atoms. The molecule has 0 spiro atoms. The fourth-order valence-electron chi connectivity index (χ4n) is 1.82. The summed E-state index contributed by atoms with van der Waals surface area (Å²) < 4.78 is 0. The Bertz CT molecular complexity index is 456. The van der Waals surface area contributed by atoms with E-state index < -0.39 is 5.54 Å². The highest BCUT2D eigenvalue weighted by Crippen LogP contribution is 2.22. The van der Waals surface area contributed by atoms with Crippen LogP contribution >= 0.6 is 0 Å². The topological polar surface area (TPSA) is 78.6 Å². The second-order valence-electron chi connectivity index (χ2n) is 5.48. The summed E-state index contributed by atoms with van der Waals surface area (Å²) in [6.07, 6.45) is 0.504. The van der Waals surface area contributed by atoms with Crippen molar-refractivity contribution >= 4 is 17.3 Å².